The summed E-state index contributed by atoms with van der Waals surface area (Å²) in [7, 11) is 3.32. The van der Waals surface area contributed by atoms with E-state index in [0.29, 0.717) is 51.1 Å². The summed E-state index contributed by atoms with van der Waals surface area (Å²) in [6, 6.07) is 19.0. The predicted molar refractivity (Wildman–Crippen MR) is 392 cm³/mol. The maximum atomic E-state index is 12.8. The third-order valence-corrected chi connectivity index (χ3v) is 19.8. The van der Waals surface area contributed by atoms with Gasteiger partial charge in [-0.05, 0) is 199 Å². The van der Waals surface area contributed by atoms with Crippen LogP contribution in [0.4, 0.5) is 4.79 Å². The van der Waals surface area contributed by atoms with Crippen LogP contribution in [-0.2, 0) is 14.2 Å². The van der Waals surface area contributed by atoms with E-state index < -0.39 is 5.60 Å². The molecular weight excluding hydrogens is 1500 g/mol. The van der Waals surface area contributed by atoms with Crippen LogP contribution in [0.15, 0.2) is 155 Å². The normalized spacial score (nSPS) is 21.2. The van der Waals surface area contributed by atoms with Crippen molar-refractivity contribution >= 4 is 53.9 Å². The van der Waals surface area contributed by atoms with Crippen LogP contribution in [-0.4, -0.2) is 155 Å². The van der Waals surface area contributed by atoms with Crippen molar-refractivity contribution in [3.05, 3.63) is 155 Å². The largest absolute Gasteiger partial charge is 0.507 e. The Morgan fingerprint density at radius 2 is 0.990 bits per heavy atom. The highest BCUT2D eigenvalue weighted by Gasteiger charge is 2.46. The molecule has 5 unspecified atom stereocenters. The molecule has 0 saturated carbocycles. The van der Waals surface area contributed by atoms with Crippen LogP contribution in [0.3, 0.4) is 0 Å². The van der Waals surface area contributed by atoms with Gasteiger partial charge < -0.3 is 48.5 Å². The molecule has 3 N–H and O–H groups in total. The van der Waals surface area contributed by atoms with Crippen LogP contribution < -0.4 is 24.3 Å². The summed E-state index contributed by atoms with van der Waals surface area (Å²) < 4.78 is 46.9. The average Bonchev–Trinajstić information content (AvgIpc) is 1.56. The number of aromatic hydroxyl groups is 1. The third kappa shape index (κ3) is 18.1. The Hall–Kier alpha value is -8.80. The lowest BCUT2D eigenvalue weighted by molar-refractivity contribution is -0.0395. The maximum absolute atomic E-state index is 12.8. The number of ether oxygens (including phenoxy) is 7. The van der Waals surface area contributed by atoms with Crippen LogP contribution in [0.1, 0.15) is 123 Å². The Bertz CT molecular complexity index is 4340. The third-order valence-electron chi connectivity index (χ3n) is 18.6. The summed E-state index contributed by atoms with van der Waals surface area (Å²) in [6.07, 6.45) is 39.2. The van der Waals surface area contributed by atoms with E-state index in [1.165, 1.54) is 19.3 Å². The molecule has 8 atom stereocenters. The molecule has 7 aromatic heterocycles. The Balaban J connectivity index is 0.000000133. The minimum absolute atomic E-state index is 0.00218. The Labute approximate surface area is 616 Å². The van der Waals surface area contributed by atoms with Gasteiger partial charge in [0.2, 0.25) is 11.8 Å². The van der Waals surface area contributed by atoms with E-state index in [-0.39, 0.29) is 48.6 Å². The number of halogens is 3. The number of phenolic OH excluding ortho intramolecular Hbond substituents is 1. The molecule has 6 aliphatic rings. The fourth-order valence-electron chi connectivity index (χ4n) is 13.7. The number of fused-ring (bicyclic) bond motifs is 4. The molecule has 16 rings (SSSR count). The summed E-state index contributed by atoms with van der Waals surface area (Å²) in [5.74, 6) is 2.64. The highest BCUT2D eigenvalue weighted by molar-refractivity contribution is 9.11. The standard InChI is InChI=1S/C31H39N5O5.C20H21N5O2.C19H19BrN4O2.C4H2Br2N2/c1-31(2,3)41-30(37)36-22-9-10-23(36)15-24(14-22)40-28-18-32-26(17-33-28)25-11-8-20(13-27(25)38-4)21-16-34-35(19-21)29-7-5-6-12-39-29;26-19-5-12(13-8-23-24-9-13)1-4-17(19)18-10-22-20(11-21-18)27-16-6-14-2-3-15(7-16)25-14;1-25-17-8-13(5-6-15(17)16-10-22-18(20)11-21-16)14-9-23-24(12-14)19-4-2-3-7-26-19;5-3-1-7-4(6)2-8-3/h8,11,13,16-19,22-24,29H,5-7,9-10,12,14-15H2,1-4H3;1,4-5,8-11,14-16,25-26H,2-3,6-7H2,(H,23,24);5-6,8-12,19H,2-4,7H2,1H3;1-2H/t22-,23?,24?,29?;14-,15+,16?;;/m1.../s1. The molecule has 6 saturated heterocycles. The van der Waals surface area contributed by atoms with Crippen molar-refractivity contribution in [3.8, 4) is 96.2 Å². The number of aromatic amines is 1. The van der Waals surface area contributed by atoms with Gasteiger partial charge in [0.05, 0.1) is 99.5 Å². The molecule has 6 aliphatic heterocycles. The smallest absolute Gasteiger partial charge is 0.410 e. The van der Waals surface area contributed by atoms with Crippen molar-refractivity contribution in [1.82, 2.24) is 79.8 Å². The van der Waals surface area contributed by atoms with Gasteiger partial charge in [-0.25, -0.2) is 49.0 Å². The van der Waals surface area contributed by atoms with E-state index in [0.717, 1.165) is 149 Å². The number of hydrogen-bond acceptors (Lipinski definition) is 21. The number of phenols is 1. The topological polar surface area (TPSA) is 285 Å². The van der Waals surface area contributed by atoms with E-state index >= 15 is 0 Å². The second-order valence-electron chi connectivity index (χ2n) is 26.8. The molecule has 25 nitrogen and oxygen atoms in total. The van der Waals surface area contributed by atoms with E-state index in [1.807, 2.05) is 108 Å². The lowest BCUT2D eigenvalue weighted by Gasteiger charge is -2.39. The monoisotopic (exact) mass is 1570 g/mol. The zero-order valence-corrected chi connectivity index (χ0v) is 62.1. The molecule has 28 heteroatoms. The number of hydrogen-bond donors (Lipinski definition) is 3. The quantitative estimate of drug-likeness (QED) is 0.0912. The second-order valence-corrected chi connectivity index (χ2v) is 29.2. The van der Waals surface area contributed by atoms with Crippen molar-refractivity contribution in [2.45, 2.75) is 165 Å². The molecule has 0 spiro atoms. The number of amides is 1. The number of nitrogens with zero attached hydrogens (tertiary/aromatic N) is 14. The molecule has 102 heavy (non-hydrogen) atoms. The van der Waals surface area contributed by atoms with Gasteiger partial charge in [-0.2, -0.15) is 15.3 Å². The zero-order chi connectivity index (χ0) is 70.7. The number of carbonyl (C=O) groups is 1. The van der Waals surface area contributed by atoms with Crippen molar-refractivity contribution in [2.24, 2.45) is 0 Å². The van der Waals surface area contributed by atoms with Gasteiger partial charge in [0.15, 0.2) is 0 Å². The molecule has 0 radical (unpaired) electrons. The first-order chi connectivity index (χ1) is 49.5. The second kappa shape index (κ2) is 33.1. The molecule has 6 fully saturated rings. The first-order valence-corrected chi connectivity index (χ1v) is 36.8. The lowest BCUT2D eigenvalue weighted by Crippen LogP contribution is -2.50. The molecule has 532 valence electrons. The number of aromatic nitrogens is 14. The fourth-order valence-corrected chi connectivity index (χ4v) is 14.3. The highest BCUT2D eigenvalue weighted by Crippen LogP contribution is 2.41. The summed E-state index contributed by atoms with van der Waals surface area (Å²) >= 11 is 9.61. The van der Waals surface area contributed by atoms with E-state index in [9.17, 15) is 9.90 Å². The van der Waals surface area contributed by atoms with Gasteiger partial charge in [-0.1, -0.05) is 18.2 Å². The van der Waals surface area contributed by atoms with Crippen LogP contribution in [0.5, 0.6) is 29.0 Å². The molecule has 1 amide bonds. The summed E-state index contributed by atoms with van der Waals surface area (Å²) in [4.78, 5) is 49.1. The van der Waals surface area contributed by atoms with E-state index in [1.54, 1.807) is 82.3 Å². The molecule has 4 bridgehead atoms. The minimum atomic E-state index is -0.503. The predicted octanol–water partition coefficient (Wildman–Crippen LogP) is 15.4. The summed E-state index contributed by atoms with van der Waals surface area (Å²) in [6.45, 7) is 7.28. The number of piperidine rings is 2. The Kier molecular flexibility index (Phi) is 23.2. The summed E-state index contributed by atoms with van der Waals surface area (Å²) in [5, 5.41) is 29.7. The van der Waals surface area contributed by atoms with Gasteiger partial charge in [-0.15, -0.1) is 0 Å². The molecule has 10 aromatic rings. The number of benzene rings is 3. The first-order valence-electron chi connectivity index (χ1n) is 34.4. The molecule has 13 heterocycles. The van der Waals surface area contributed by atoms with Gasteiger partial charge >= 0.3 is 6.09 Å². The first kappa shape index (κ1) is 71.6. The number of carbonyl (C=O) groups excluding carboxylic acids is 1. The summed E-state index contributed by atoms with van der Waals surface area (Å²) in [5.41, 5.74) is 9.86. The molecular formula is C74H81Br3N16O9. The number of rotatable bonds is 14. The van der Waals surface area contributed by atoms with Crippen LogP contribution in [0, 0.1) is 0 Å². The average molecular weight is 1580 g/mol. The van der Waals surface area contributed by atoms with Gasteiger partial charge in [-0.3, -0.25) is 10.1 Å². The van der Waals surface area contributed by atoms with E-state index in [4.69, 9.17) is 33.2 Å². The van der Waals surface area contributed by atoms with Gasteiger partial charge in [0.1, 0.15) is 61.3 Å². The Morgan fingerprint density at radius 1 is 0.520 bits per heavy atom. The highest BCUT2D eigenvalue weighted by atomic mass is 79.9. The zero-order valence-electron chi connectivity index (χ0n) is 57.3. The van der Waals surface area contributed by atoms with Crippen LogP contribution >= 0.6 is 47.8 Å². The van der Waals surface area contributed by atoms with Gasteiger partial charge in [0.25, 0.3) is 0 Å². The number of methoxy groups -OCH3 is 2. The number of nitrogens with one attached hydrogen (secondary N) is 2. The van der Waals surface area contributed by atoms with Crippen molar-refractivity contribution in [3.63, 3.8) is 0 Å². The van der Waals surface area contributed by atoms with Crippen molar-refractivity contribution in [1.29, 1.82) is 0 Å². The maximum Gasteiger partial charge on any atom is 0.410 e. The van der Waals surface area contributed by atoms with Crippen molar-refractivity contribution < 1.29 is 43.1 Å². The lowest BCUT2D eigenvalue weighted by atomic mass is 10.0. The Morgan fingerprint density at radius 3 is 1.42 bits per heavy atom. The fraction of sp³-hybridized carbons (Fsp3) is 0.405. The van der Waals surface area contributed by atoms with Crippen LogP contribution in [0.25, 0.3) is 67.2 Å². The minimum Gasteiger partial charge on any atom is -0.507 e. The van der Waals surface area contributed by atoms with Crippen molar-refractivity contribution in [2.75, 3.05) is 27.4 Å². The molecule has 3 aromatic carbocycles. The molecule has 0 aliphatic carbocycles. The van der Waals surface area contributed by atoms with Crippen LogP contribution in [0.2, 0.25) is 0 Å². The van der Waals surface area contributed by atoms with E-state index in [2.05, 4.69) is 113 Å². The van der Waals surface area contributed by atoms with Gasteiger partial charge in [0, 0.05) is 102 Å². The number of H-pyrrole nitrogens is 1. The SMILES string of the molecule is Brc1cnc(Br)cn1.COc1cc(-c2cnn(C3CCCCO3)c2)ccc1-c1cnc(Br)cn1.COc1cc(-c2cnn(C3CCCCO3)c2)ccc1-c1cnc(OC2CC3CC[C@H](C2)N3C(=O)OC(C)(C)C)cn1.Oc1cc(-c2cn[nH]c2)ccc1-c1cnc(OC2C[C@H]3CC[C@@H](C2)N3)cn1.